The number of phosphoric ester groups is 4. The summed E-state index contributed by atoms with van der Waals surface area (Å²) in [6.07, 6.45) is 4.45. The summed E-state index contributed by atoms with van der Waals surface area (Å²) in [5.41, 5.74) is 4.02. The number of aromatic nitrogens is 9. The van der Waals surface area contributed by atoms with E-state index >= 15 is 0 Å². The number of fused-ring (bicyclic) bond motifs is 1. The fraction of sp³-hybridized carbons (Fsp3) is 0.635. The number of allylic oxidation sites excluding steroid dienone is 1. The van der Waals surface area contributed by atoms with Gasteiger partial charge in [0.1, 0.15) is 73.6 Å². The highest BCUT2D eigenvalue weighted by molar-refractivity contribution is 7.46. The third-order valence-electron chi connectivity index (χ3n) is 23.6. The first-order valence-corrected chi connectivity index (χ1v) is 51.4. The van der Waals surface area contributed by atoms with Crippen LogP contribution in [-0.4, -0.2) is 202 Å². The summed E-state index contributed by atoms with van der Waals surface area (Å²) in [5.74, 6) is -0.301. The van der Waals surface area contributed by atoms with Gasteiger partial charge in [-0.05, 0) is 89.8 Å². The molecule has 0 radical (unpaired) electrons. The largest absolute Gasteiger partial charge is 0.756 e. The molecule has 53 heteroatoms. The number of aryl methyl sites for hydroxylation is 4. The summed E-state index contributed by atoms with van der Waals surface area (Å²) in [6, 6.07) is 7.82. The lowest BCUT2D eigenvalue weighted by molar-refractivity contribution is -0.238. The third kappa shape index (κ3) is 32.7. The van der Waals surface area contributed by atoms with E-state index in [2.05, 4.69) is 72.4 Å². The van der Waals surface area contributed by atoms with Crippen molar-refractivity contribution in [3.8, 4) is 0 Å². The van der Waals surface area contributed by atoms with Gasteiger partial charge < -0.3 is 116 Å². The molecule has 138 heavy (non-hydrogen) atoms. The molecule has 12 rings (SSSR count). The van der Waals surface area contributed by atoms with E-state index in [-0.39, 0.29) is 97.9 Å². The topological polar surface area (TPSA) is 660 Å². The number of ether oxygens (including phenoxy) is 5. The Bertz CT molecular complexity index is 5700. The molecule has 7 aliphatic rings. The van der Waals surface area contributed by atoms with Gasteiger partial charge in [-0.2, -0.15) is 5.10 Å². The zero-order valence-corrected chi connectivity index (χ0v) is 80.6. The number of H-pyrrole nitrogens is 3. The minimum Gasteiger partial charge on any atom is -0.756 e. The molecule has 6 aliphatic heterocycles. The maximum Gasteiger partial charge on any atom is 0.407 e. The van der Waals surface area contributed by atoms with Crippen LogP contribution in [-0.2, 0) is 112 Å². The number of hydrazone groups is 1. The minimum atomic E-state index is -5.36. The fourth-order valence-electron chi connectivity index (χ4n) is 16.1. The van der Waals surface area contributed by atoms with E-state index in [1.807, 2.05) is 31.2 Å². The number of hydrogen-bond acceptors (Lipinski definition) is 38. The molecule has 49 nitrogen and oxygen atoms in total. The Morgan fingerprint density at radius 2 is 1.04 bits per heavy atom. The normalized spacial score (nSPS) is 24.9. The van der Waals surface area contributed by atoms with Gasteiger partial charge in [-0.25, -0.2) is 19.2 Å². The fourth-order valence-corrected chi connectivity index (χ4v) is 19.4. The number of aliphatic hydroxyl groups is 2. The van der Waals surface area contributed by atoms with Crippen molar-refractivity contribution in [2.45, 2.75) is 290 Å². The first-order valence-electron chi connectivity index (χ1n) is 45.5. The average Bonchev–Trinajstić information content (AvgIpc) is 1.76. The molecular formula is C85H124N16O33P4-4. The number of nitrogens with zero attached hydrogens (tertiary/aromatic N) is 8. The lowest BCUT2D eigenvalue weighted by Crippen LogP contribution is -2.42. The second kappa shape index (κ2) is 51.5. The van der Waals surface area contributed by atoms with Gasteiger partial charge in [0.25, 0.3) is 53.9 Å². The number of rotatable bonds is 47. The van der Waals surface area contributed by atoms with Gasteiger partial charge in [-0.1, -0.05) is 115 Å². The van der Waals surface area contributed by atoms with Crippen LogP contribution in [0.3, 0.4) is 0 Å². The van der Waals surface area contributed by atoms with Crippen molar-refractivity contribution >= 4 is 60.8 Å². The zero-order chi connectivity index (χ0) is 99.1. The van der Waals surface area contributed by atoms with Gasteiger partial charge in [0.2, 0.25) is 11.8 Å². The Morgan fingerprint density at radius 1 is 0.565 bits per heavy atom. The van der Waals surface area contributed by atoms with Crippen LogP contribution in [0.1, 0.15) is 222 Å². The smallest absolute Gasteiger partial charge is 0.407 e. The molecule has 0 spiro atoms. The standard InChI is InChI=1S/C49H70N8O18P2.C35H54N8O15P2.CH4/c1-5-6-7-8-11-18-50-41(59)21-32-14-16-33(17-15-32)44-35-13-10-9-12-34(22-36(35)31(4)54-55-44)72-49(64)51-19-20-69-76(65,66)70-28-40-38(24-43(74-40)57-26-30(3)46(61)53-48(57)63)75-77(67,68)71-27-39-37(58)23-42(73-39)56-25-29(2)45(60)52-47(56)62;1-5-6-7-8-9-12-36-30(45)11-10-13-41-18-25(39-40-41)19-53-59(49,50)54-21-29-27(15-32(57-29)43-17-23(3)34(47)38-35(43)48)58-60(51,52)55-20-28-26(44)14-31(56-28)42-16-22(2)33(46)37-24(42)4;/h14-17,25-26,34-35,37-40,42-43,54,58H,5-13,18-24,27-28H2,1-4H3,(H,50,59)(H,51,64)(H,65,66)(H,67,68)(H,52,60,62)(H,53,61,63);16-18,26-29,31-32,44H,4-15,19-21H2,1-3H3,(H,36,45)(H,37,46)(H,49,50)(H,51,52)(H,38,47,48);1H4/p-4/t34?,35?,37?,38?,39-,40-,42-,43-;26?,27?,28-,29-,31-,32-;/m11./s1. The maximum absolute atomic E-state index is 13.2. The number of amides is 4. The average molecular weight is 2020 g/mol. The highest BCUT2D eigenvalue weighted by Crippen LogP contribution is 2.50. The molecule has 0 bridgehead atoms. The first-order chi connectivity index (χ1) is 65.1. The van der Waals surface area contributed by atoms with Crippen LogP contribution in [0.2, 0.25) is 0 Å². The van der Waals surface area contributed by atoms with Gasteiger partial charge in [0.05, 0.1) is 75.8 Å². The highest BCUT2D eigenvalue weighted by atomic mass is 31.2. The molecule has 1 aromatic carbocycles. The third-order valence-corrected chi connectivity index (χ3v) is 27.4. The summed E-state index contributed by atoms with van der Waals surface area (Å²) in [5, 5.41) is 44.7. The second-order valence-electron chi connectivity index (χ2n) is 34.2. The van der Waals surface area contributed by atoms with Crippen LogP contribution in [0.5, 0.6) is 0 Å². The quantitative estimate of drug-likeness (QED) is 0.0196. The number of nitrogens with one attached hydrogen (secondary N) is 8. The number of alkyl carbamates (subject to hydrolysis) is 1. The molecule has 4 amide bonds. The predicted molar refractivity (Wildman–Crippen MR) is 484 cm³/mol. The van der Waals surface area contributed by atoms with Crippen LogP contribution in [0.25, 0.3) is 0 Å². The molecule has 766 valence electrons. The molecule has 4 saturated heterocycles. The van der Waals surface area contributed by atoms with Crippen molar-refractivity contribution in [2.75, 3.05) is 52.7 Å². The molecule has 1 saturated carbocycles. The van der Waals surface area contributed by atoms with E-state index in [0.29, 0.717) is 44.5 Å². The Kier molecular flexibility index (Phi) is 41.3. The van der Waals surface area contributed by atoms with Gasteiger partial charge >= 0.3 is 23.2 Å². The van der Waals surface area contributed by atoms with E-state index in [0.717, 1.165) is 106 Å². The Morgan fingerprint density at radius 3 is 1.59 bits per heavy atom. The molecule has 1 aliphatic carbocycles. The summed E-state index contributed by atoms with van der Waals surface area (Å²) in [7, 11) is -20.9. The first kappa shape index (κ1) is 111. The summed E-state index contributed by atoms with van der Waals surface area (Å²) in [4.78, 5) is 183. The number of carbonyl (C=O) groups is 4. The van der Waals surface area contributed by atoms with Gasteiger partial charge in [-0.15, -0.1) is 5.10 Å². The van der Waals surface area contributed by atoms with Crippen molar-refractivity contribution < 1.29 is 127 Å². The van der Waals surface area contributed by atoms with Gasteiger partial charge in [0, 0.05) is 123 Å². The predicted octanol–water partition coefficient (Wildman–Crippen LogP) is 3.68. The minimum absolute atomic E-state index is 0. The zero-order valence-electron chi connectivity index (χ0n) is 77.0. The SMILES string of the molecule is C.C=C1NC(=O)C(C)=CN1[C@H]1CC(O)[C@@H](COP(=O)([O-])OC2C[C@H](n3cc(C)c(=O)[nH]c3=O)O[C@@H]2COP(=O)([O-])OCc2cn(CCCC(=O)NCCCCCCC)nn2)O1.CCCCCCCNC(=O)Cc1ccc(C2=NNC(C)=C3CC(OC(=O)NCCOP(=O)([O-])OC[C@H]4O[C@@H](n5cc(C)c(=O)[nH]c5=O)CC4OP(=O)([O-])OC[C@H]4O[C@@H](n5cc(C)c(=O)[nH]c5=O)CC4O)CCCCC23)cc1. The number of phosphoric acid groups is 4. The number of benzene rings is 1. The maximum atomic E-state index is 13.2. The molecule has 10 N–H and O–H groups in total. The Labute approximate surface area is 793 Å². The second-order valence-corrected chi connectivity index (χ2v) is 39.8. The van der Waals surface area contributed by atoms with Crippen LogP contribution in [0.15, 0.2) is 118 Å². The van der Waals surface area contributed by atoms with E-state index in [1.54, 1.807) is 6.92 Å². The van der Waals surface area contributed by atoms with E-state index in [9.17, 15) is 96.0 Å². The van der Waals surface area contributed by atoms with E-state index in [4.69, 9.17) is 65.0 Å². The van der Waals surface area contributed by atoms with Crippen LogP contribution >= 0.6 is 31.3 Å². The summed E-state index contributed by atoms with van der Waals surface area (Å²) >= 11 is 0. The van der Waals surface area contributed by atoms with Gasteiger partial charge in [-0.3, -0.25) is 85.8 Å². The molecule has 5 fully saturated rings. The summed E-state index contributed by atoms with van der Waals surface area (Å²) in [6.45, 7) is 12.8. The summed E-state index contributed by atoms with van der Waals surface area (Å²) < 4.78 is 126. The number of hydrogen-bond donors (Lipinski definition) is 10. The molecule has 10 heterocycles. The molecule has 10 unspecified atom stereocenters. The number of unbranched alkanes of at least 4 members (excludes halogenated alkanes) is 8. The van der Waals surface area contributed by atoms with Crippen LogP contribution in [0.4, 0.5) is 4.79 Å². The molecule has 5 aromatic rings. The van der Waals surface area contributed by atoms with Crippen molar-refractivity contribution in [1.82, 2.24) is 75.2 Å². The van der Waals surface area contributed by atoms with Crippen molar-refractivity contribution in [2.24, 2.45) is 11.0 Å². The van der Waals surface area contributed by atoms with Crippen molar-refractivity contribution in [3.63, 3.8) is 0 Å². The molecule has 18 atom stereocenters. The van der Waals surface area contributed by atoms with Crippen LogP contribution < -0.4 is 80.0 Å². The Balaban J connectivity index is 0.000000291. The lowest BCUT2D eigenvalue weighted by Gasteiger charge is -2.33. The van der Waals surface area contributed by atoms with E-state index < -0.39 is 197 Å². The number of aliphatic hydroxyl groups excluding tert-OH is 2. The lowest BCUT2D eigenvalue weighted by atomic mass is 9.79. The van der Waals surface area contributed by atoms with Gasteiger partial charge in [0.15, 0.2) is 0 Å². The van der Waals surface area contributed by atoms with Crippen molar-refractivity contribution in [3.05, 3.63) is 181 Å². The monoisotopic (exact) mass is 2020 g/mol. The van der Waals surface area contributed by atoms with Crippen LogP contribution in [0, 0.1) is 26.7 Å². The number of carbonyl (C=O) groups excluding carboxylic acids is 4. The Hall–Kier alpha value is -9.23. The highest BCUT2D eigenvalue weighted by Gasteiger charge is 2.46. The van der Waals surface area contributed by atoms with E-state index in [1.165, 1.54) is 80.8 Å². The molecule has 4 aromatic heterocycles. The number of aromatic amines is 3. The molecular weight excluding hydrogens is 1900 g/mol. The van der Waals surface area contributed by atoms with Crippen molar-refractivity contribution in [1.29, 1.82) is 0 Å².